The molecule has 0 unspecified atom stereocenters. The topological polar surface area (TPSA) is 78.3 Å². The van der Waals surface area contributed by atoms with E-state index < -0.39 is 0 Å². The van der Waals surface area contributed by atoms with E-state index in [1.165, 1.54) is 0 Å². The van der Waals surface area contributed by atoms with Crippen LogP contribution in [0.5, 0.6) is 11.5 Å². The molecule has 0 spiro atoms. The number of ether oxygens (including phenoxy) is 2. The van der Waals surface area contributed by atoms with Gasteiger partial charge in [0.05, 0.1) is 25.8 Å². The molecule has 7 nitrogen and oxygen atoms in total. The van der Waals surface area contributed by atoms with Gasteiger partial charge in [0.25, 0.3) is 5.91 Å². The molecule has 1 N–H and O–H groups in total. The van der Waals surface area contributed by atoms with Crippen molar-refractivity contribution in [3.63, 3.8) is 0 Å². The molecule has 0 atom stereocenters. The van der Waals surface area contributed by atoms with Crippen LogP contribution in [0.2, 0.25) is 0 Å². The Hall–Kier alpha value is -3.87. The molecule has 0 saturated carbocycles. The Labute approximate surface area is 180 Å². The van der Waals surface area contributed by atoms with Crippen LogP contribution in [0.1, 0.15) is 28.4 Å². The van der Waals surface area contributed by atoms with Crippen molar-refractivity contribution >= 4 is 16.9 Å². The summed E-state index contributed by atoms with van der Waals surface area (Å²) in [5.74, 6) is 1.46. The summed E-state index contributed by atoms with van der Waals surface area (Å²) in [4.78, 5) is 12.6. The summed E-state index contributed by atoms with van der Waals surface area (Å²) in [7, 11) is 1.65. The van der Waals surface area contributed by atoms with Gasteiger partial charge < -0.3 is 14.8 Å². The number of nitrogens with one attached hydrogen (secondary N) is 1. The van der Waals surface area contributed by atoms with Gasteiger partial charge in [-0.15, -0.1) is 5.10 Å². The van der Waals surface area contributed by atoms with Crippen molar-refractivity contribution in [2.45, 2.75) is 20.0 Å². The molecule has 4 aromatic rings. The number of carbonyl (C=O) groups is 1. The molecule has 0 aliphatic heterocycles. The molecular weight excluding hydrogens is 392 g/mol. The quantitative estimate of drug-likeness (QED) is 0.472. The largest absolute Gasteiger partial charge is 0.497 e. The van der Waals surface area contributed by atoms with Crippen LogP contribution in [0, 0.1) is 0 Å². The predicted octanol–water partition coefficient (Wildman–Crippen LogP) is 3.82. The third kappa shape index (κ3) is 4.83. The highest BCUT2D eigenvalue weighted by Crippen LogP contribution is 2.18. The highest BCUT2D eigenvalue weighted by atomic mass is 16.5. The van der Waals surface area contributed by atoms with Crippen molar-refractivity contribution in [2.75, 3.05) is 13.7 Å². The van der Waals surface area contributed by atoms with Gasteiger partial charge in [0.1, 0.15) is 17.0 Å². The normalized spacial score (nSPS) is 10.8. The third-order valence-corrected chi connectivity index (χ3v) is 4.93. The standard InChI is InChI=1S/C24H24N4O3/c1-3-31-20-10-7-17(8-11-20)15-25-24(29)19-9-12-23-22(14-19)26-27-28(23)16-18-5-4-6-21(13-18)30-2/h4-14H,3,15-16H2,1-2H3,(H,25,29). The Morgan fingerprint density at radius 3 is 2.61 bits per heavy atom. The van der Waals surface area contributed by atoms with Gasteiger partial charge in [-0.3, -0.25) is 4.79 Å². The van der Waals surface area contributed by atoms with Gasteiger partial charge in [-0.2, -0.15) is 0 Å². The first-order valence-electron chi connectivity index (χ1n) is 10.1. The molecule has 0 bridgehead atoms. The van der Waals surface area contributed by atoms with Crippen LogP contribution in [-0.4, -0.2) is 34.6 Å². The minimum Gasteiger partial charge on any atom is -0.497 e. The fourth-order valence-corrected chi connectivity index (χ4v) is 3.33. The van der Waals surface area contributed by atoms with Crippen molar-refractivity contribution in [2.24, 2.45) is 0 Å². The second kappa shape index (κ2) is 9.30. The van der Waals surface area contributed by atoms with Gasteiger partial charge in [-0.25, -0.2) is 4.68 Å². The second-order valence-electron chi connectivity index (χ2n) is 7.06. The van der Waals surface area contributed by atoms with Crippen LogP contribution >= 0.6 is 0 Å². The number of nitrogens with zero attached hydrogens (tertiary/aromatic N) is 3. The van der Waals surface area contributed by atoms with E-state index >= 15 is 0 Å². The van der Waals surface area contributed by atoms with Crippen LogP contribution in [0.15, 0.2) is 66.7 Å². The lowest BCUT2D eigenvalue weighted by Gasteiger charge is -2.08. The smallest absolute Gasteiger partial charge is 0.251 e. The number of hydrogen-bond acceptors (Lipinski definition) is 5. The minimum atomic E-state index is -0.155. The van der Waals surface area contributed by atoms with Crippen LogP contribution in [0.25, 0.3) is 11.0 Å². The predicted molar refractivity (Wildman–Crippen MR) is 118 cm³/mol. The highest BCUT2D eigenvalue weighted by molar-refractivity contribution is 5.97. The van der Waals surface area contributed by atoms with E-state index in [2.05, 4.69) is 15.6 Å². The monoisotopic (exact) mass is 416 g/mol. The van der Waals surface area contributed by atoms with Gasteiger partial charge >= 0.3 is 0 Å². The first-order chi connectivity index (χ1) is 15.2. The maximum absolute atomic E-state index is 12.6. The number of carbonyl (C=O) groups excluding carboxylic acids is 1. The maximum Gasteiger partial charge on any atom is 0.251 e. The molecule has 4 rings (SSSR count). The lowest BCUT2D eigenvalue weighted by molar-refractivity contribution is 0.0951. The summed E-state index contributed by atoms with van der Waals surface area (Å²) in [5, 5.41) is 11.4. The van der Waals surface area contributed by atoms with E-state index in [4.69, 9.17) is 9.47 Å². The number of fused-ring (bicyclic) bond motifs is 1. The molecular formula is C24H24N4O3. The molecule has 3 aromatic carbocycles. The molecule has 1 amide bonds. The van der Waals surface area contributed by atoms with Crippen molar-refractivity contribution in [1.82, 2.24) is 20.3 Å². The SMILES string of the molecule is CCOc1ccc(CNC(=O)c2ccc3c(c2)nnn3Cc2cccc(OC)c2)cc1. The van der Waals surface area contributed by atoms with Crippen molar-refractivity contribution in [3.05, 3.63) is 83.4 Å². The van der Waals surface area contributed by atoms with E-state index in [1.807, 2.05) is 66.2 Å². The second-order valence-corrected chi connectivity index (χ2v) is 7.06. The van der Waals surface area contributed by atoms with Gasteiger partial charge in [-0.05, 0) is 60.5 Å². The summed E-state index contributed by atoms with van der Waals surface area (Å²) < 4.78 is 12.5. The molecule has 1 aromatic heterocycles. The molecule has 0 saturated heterocycles. The number of rotatable bonds is 8. The van der Waals surface area contributed by atoms with E-state index in [1.54, 1.807) is 19.2 Å². The van der Waals surface area contributed by atoms with Crippen molar-refractivity contribution in [1.29, 1.82) is 0 Å². The number of amides is 1. The number of benzene rings is 3. The van der Waals surface area contributed by atoms with Gasteiger partial charge in [-0.1, -0.05) is 29.5 Å². The molecule has 0 fully saturated rings. The highest BCUT2D eigenvalue weighted by Gasteiger charge is 2.11. The zero-order valence-electron chi connectivity index (χ0n) is 17.5. The van der Waals surface area contributed by atoms with Crippen LogP contribution in [0.4, 0.5) is 0 Å². The average molecular weight is 416 g/mol. The van der Waals surface area contributed by atoms with Crippen LogP contribution < -0.4 is 14.8 Å². The van der Waals surface area contributed by atoms with E-state index in [0.717, 1.165) is 28.1 Å². The van der Waals surface area contributed by atoms with Crippen LogP contribution in [-0.2, 0) is 13.1 Å². The minimum absolute atomic E-state index is 0.155. The lowest BCUT2D eigenvalue weighted by Crippen LogP contribution is -2.22. The summed E-state index contributed by atoms with van der Waals surface area (Å²) in [6.45, 7) is 3.58. The molecule has 0 aliphatic carbocycles. The van der Waals surface area contributed by atoms with Crippen molar-refractivity contribution < 1.29 is 14.3 Å². The Kier molecular flexibility index (Phi) is 6.12. The molecule has 158 valence electrons. The fraction of sp³-hybridized carbons (Fsp3) is 0.208. The average Bonchev–Trinajstić information content (AvgIpc) is 3.20. The van der Waals surface area contributed by atoms with Crippen LogP contribution in [0.3, 0.4) is 0 Å². The van der Waals surface area contributed by atoms with E-state index in [9.17, 15) is 4.79 Å². The Balaban J connectivity index is 1.43. The zero-order valence-corrected chi connectivity index (χ0v) is 17.5. The molecule has 31 heavy (non-hydrogen) atoms. The zero-order chi connectivity index (χ0) is 21.6. The summed E-state index contributed by atoms with van der Waals surface area (Å²) in [6, 6.07) is 20.9. The number of aromatic nitrogens is 3. The summed E-state index contributed by atoms with van der Waals surface area (Å²) in [6.07, 6.45) is 0. The van der Waals surface area contributed by atoms with E-state index in [-0.39, 0.29) is 5.91 Å². The summed E-state index contributed by atoms with van der Waals surface area (Å²) in [5.41, 5.74) is 4.15. The first-order valence-corrected chi connectivity index (χ1v) is 10.1. The maximum atomic E-state index is 12.6. The van der Waals surface area contributed by atoms with Crippen molar-refractivity contribution in [3.8, 4) is 11.5 Å². The van der Waals surface area contributed by atoms with E-state index in [0.29, 0.717) is 30.8 Å². The van der Waals surface area contributed by atoms with Gasteiger partial charge in [0.15, 0.2) is 0 Å². The molecule has 0 radical (unpaired) electrons. The van der Waals surface area contributed by atoms with Gasteiger partial charge in [0, 0.05) is 12.1 Å². The molecule has 0 aliphatic rings. The Morgan fingerprint density at radius 1 is 1.00 bits per heavy atom. The lowest BCUT2D eigenvalue weighted by atomic mass is 10.1. The third-order valence-electron chi connectivity index (χ3n) is 4.93. The van der Waals surface area contributed by atoms with Gasteiger partial charge in [0.2, 0.25) is 0 Å². The summed E-state index contributed by atoms with van der Waals surface area (Å²) >= 11 is 0. The number of methoxy groups -OCH3 is 1. The fourth-order valence-electron chi connectivity index (χ4n) is 3.33. The molecule has 1 heterocycles. The Bertz CT molecular complexity index is 1190. The Morgan fingerprint density at radius 2 is 1.84 bits per heavy atom. The number of hydrogen-bond donors (Lipinski definition) is 1. The molecule has 7 heteroatoms. The first kappa shape index (κ1) is 20.4.